The zero-order valence-electron chi connectivity index (χ0n) is 15.5. The summed E-state index contributed by atoms with van der Waals surface area (Å²) in [5.74, 6) is 1.67. The summed E-state index contributed by atoms with van der Waals surface area (Å²) in [5.41, 5.74) is 0.897. The molecule has 0 radical (unpaired) electrons. The van der Waals surface area contributed by atoms with E-state index in [4.69, 9.17) is 16.0 Å². The van der Waals surface area contributed by atoms with Crippen molar-refractivity contribution in [3.8, 4) is 11.3 Å². The number of amides is 1. The van der Waals surface area contributed by atoms with E-state index >= 15 is 0 Å². The van der Waals surface area contributed by atoms with Gasteiger partial charge in [-0.05, 0) is 48.7 Å². The van der Waals surface area contributed by atoms with E-state index in [0.29, 0.717) is 29.4 Å². The molecule has 0 spiro atoms. The highest BCUT2D eigenvalue weighted by Crippen LogP contribution is 2.27. The highest BCUT2D eigenvalue weighted by molar-refractivity contribution is 7.91. The first-order chi connectivity index (χ1) is 12.7. The van der Waals surface area contributed by atoms with Crippen LogP contribution in [0.15, 0.2) is 40.8 Å². The SMILES string of the molecule is CC(C)CC(=O)N(Cc1ccc(-c2ccc(Cl)cc2)o1)[C@@H]1CCS(=O)(=O)C1. The second kappa shape index (κ2) is 8.07. The molecule has 1 saturated heterocycles. The molecule has 0 N–H and O–H groups in total. The predicted molar refractivity (Wildman–Crippen MR) is 106 cm³/mol. The van der Waals surface area contributed by atoms with Crippen molar-refractivity contribution in [1.29, 1.82) is 0 Å². The molecule has 0 bridgehead atoms. The maximum atomic E-state index is 12.7. The van der Waals surface area contributed by atoms with Crippen molar-refractivity contribution in [2.75, 3.05) is 11.5 Å². The third kappa shape index (κ3) is 5.14. The van der Waals surface area contributed by atoms with Gasteiger partial charge >= 0.3 is 0 Å². The standard InChI is InChI=1S/C20H24ClNO4S/c1-14(2)11-20(23)22(17-9-10-27(24,25)13-17)12-18-7-8-19(26-18)15-3-5-16(21)6-4-15/h3-8,14,17H,9-13H2,1-2H3/t17-/m1/s1. The van der Waals surface area contributed by atoms with E-state index in [2.05, 4.69) is 0 Å². The van der Waals surface area contributed by atoms with Crippen molar-refractivity contribution < 1.29 is 17.6 Å². The maximum absolute atomic E-state index is 12.7. The molecular formula is C20H24ClNO4S. The van der Waals surface area contributed by atoms with Gasteiger partial charge in [-0.15, -0.1) is 0 Å². The fourth-order valence-corrected chi connectivity index (χ4v) is 5.17. The van der Waals surface area contributed by atoms with Gasteiger partial charge in [-0.2, -0.15) is 0 Å². The zero-order valence-corrected chi connectivity index (χ0v) is 17.1. The Morgan fingerprint density at radius 1 is 1.22 bits per heavy atom. The summed E-state index contributed by atoms with van der Waals surface area (Å²) in [6.45, 7) is 4.24. The average molecular weight is 410 g/mol. The minimum Gasteiger partial charge on any atom is -0.459 e. The molecule has 7 heteroatoms. The van der Waals surface area contributed by atoms with Gasteiger partial charge < -0.3 is 9.32 Å². The van der Waals surface area contributed by atoms with Crippen LogP contribution in [0.4, 0.5) is 0 Å². The lowest BCUT2D eigenvalue weighted by Gasteiger charge is -2.28. The van der Waals surface area contributed by atoms with Crippen molar-refractivity contribution in [2.45, 2.75) is 39.3 Å². The molecular weight excluding hydrogens is 386 g/mol. The maximum Gasteiger partial charge on any atom is 0.223 e. The minimum absolute atomic E-state index is 0.0294. The summed E-state index contributed by atoms with van der Waals surface area (Å²) < 4.78 is 29.7. The van der Waals surface area contributed by atoms with Crippen LogP contribution in [0.25, 0.3) is 11.3 Å². The van der Waals surface area contributed by atoms with Crippen molar-refractivity contribution in [3.05, 3.63) is 47.2 Å². The van der Waals surface area contributed by atoms with Crippen LogP contribution in [-0.4, -0.2) is 36.8 Å². The van der Waals surface area contributed by atoms with Crippen LogP contribution in [0.5, 0.6) is 0 Å². The molecule has 1 fully saturated rings. The normalized spacial score (nSPS) is 18.7. The molecule has 1 aromatic heterocycles. The molecule has 0 saturated carbocycles. The summed E-state index contributed by atoms with van der Waals surface area (Å²) in [4.78, 5) is 14.4. The molecule has 1 amide bonds. The smallest absolute Gasteiger partial charge is 0.223 e. The number of halogens is 1. The van der Waals surface area contributed by atoms with Crippen LogP contribution in [-0.2, 0) is 21.2 Å². The van der Waals surface area contributed by atoms with Crippen molar-refractivity contribution in [2.24, 2.45) is 5.92 Å². The fourth-order valence-electron chi connectivity index (χ4n) is 3.31. The Morgan fingerprint density at radius 3 is 2.52 bits per heavy atom. The molecule has 2 heterocycles. The summed E-state index contributed by atoms with van der Waals surface area (Å²) in [7, 11) is -3.07. The summed E-state index contributed by atoms with van der Waals surface area (Å²) >= 11 is 5.92. The van der Waals surface area contributed by atoms with E-state index < -0.39 is 9.84 Å². The van der Waals surface area contributed by atoms with Crippen molar-refractivity contribution in [1.82, 2.24) is 4.90 Å². The topological polar surface area (TPSA) is 67.6 Å². The van der Waals surface area contributed by atoms with Gasteiger partial charge in [0.1, 0.15) is 11.5 Å². The van der Waals surface area contributed by atoms with Gasteiger partial charge in [-0.1, -0.05) is 25.4 Å². The molecule has 1 aliphatic rings. The third-order valence-electron chi connectivity index (χ3n) is 4.67. The number of sulfone groups is 1. The van der Waals surface area contributed by atoms with Crippen LogP contribution >= 0.6 is 11.6 Å². The monoisotopic (exact) mass is 409 g/mol. The molecule has 146 valence electrons. The van der Waals surface area contributed by atoms with Crippen LogP contribution in [0.3, 0.4) is 0 Å². The van der Waals surface area contributed by atoms with Crippen LogP contribution in [0.1, 0.15) is 32.4 Å². The average Bonchev–Trinajstić information content (AvgIpc) is 3.19. The Labute approximate surface area is 165 Å². The Balaban J connectivity index is 1.79. The Bertz CT molecular complexity index is 902. The van der Waals surface area contributed by atoms with E-state index in [1.165, 1.54) is 0 Å². The molecule has 0 unspecified atom stereocenters. The van der Waals surface area contributed by atoms with E-state index in [9.17, 15) is 13.2 Å². The molecule has 3 rings (SSSR count). The van der Waals surface area contributed by atoms with E-state index in [1.54, 1.807) is 17.0 Å². The minimum atomic E-state index is -3.07. The van der Waals surface area contributed by atoms with Gasteiger partial charge in [-0.25, -0.2) is 8.42 Å². The first-order valence-electron chi connectivity index (χ1n) is 9.08. The molecule has 2 aromatic rings. The predicted octanol–water partition coefficient (Wildman–Crippen LogP) is 4.16. The Hall–Kier alpha value is -1.79. The highest BCUT2D eigenvalue weighted by atomic mass is 35.5. The summed E-state index contributed by atoms with van der Waals surface area (Å²) in [6, 6.07) is 10.7. The van der Waals surface area contributed by atoms with Crippen LogP contribution in [0, 0.1) is 5.92 Å². The number of benzene rings is 1. The lowest BCUT2D eigenvalue weighted by Crippen LogP contribution is -2.41. The van der Waals surface area contributed by atoms with Gasteiger partial charge in [-0.3, -0.25) is 4.79 Å². The van der Waals surface area contributed by atoms with Gasteiger partial charge in [0, 0.05) is 23.0 Å². The van der Waals surface area contributed by atoms with Gasteiger partial charge in [0.2, 0.25) is 5.91 Å². The number of hydrogen-bond acceptors (Lipinski definition) is 4. The second-order valence-electron chi connectivity index (χ2n) is 7.45. The fraction of sp³-hybridized carbons (Fsp3) is 0.450. The number of carbonyl (C=O) groups excluding carboxylic acids is 1. The van der Waals surface area contributed by atoms with Crippen molar-refractivity contribution >= 4 is 27.3 Å². The number of nitrogens with zero attached hydrogens (tertiary/aromatic N) is 1. The van der Waals surface area contributed by atoms with E-state index in [0.717, 1.165) is 5.56 Å². The zero-order chi connectivity index (χ0) is 19.6. The Kier molecular flexibility index (Phi) is 5.96. The quantitative estimate of drug-likeness (QED) is 0.718. The first-order valence-corrected chi connectivity index (χ1v) is 11.3. The first kappa shape index (κ1) is 20.0. The van der Waals surface area contributed by atoms with E-state index in [-0.39, 0.29) is 35.9 Å². The summed E-state index contributed by atoms with van der Waals surface area (Å²) in [5, 5.41) is 0.651. The second-order valence-corrected chi connectivity index (χ2v) is 10.1. The summed E-state index contributed by atoms with van der Waals surface area (Å²) in [6.07, 6.45) is 0.873. The lowest BCUT2D eigenvalue weighted by atomic mass is 10.1. The largest absolute Gasteiger partial charge is 0.459 e. The number of furan rings is 1. The van der Waals surface area contributed by atoms with Gasteiger partial charge in [0.25, 0.3) is 0 Å². The van der Waals surface area contributed by atoms with Gasteiger partial charge in [0.05, 0.1) is 18.1 Å². The van der Waals surface area contributed by atoms with E-state index in [1.807, 2.05) is 38.1 Å². The molecule has 1 aliphatic heterocycles. The van der Waals surface area contributed by atoms with Crippen LogP contribution in [0.2, 0.25) is 5.02 Å². The molecule has 1 aromatic carbocycles. The third-order valence-corrected chi connectivity index (χ3v) is 6.67. The molecule has 5 nitrogen and oxygen atoms in total. The number of hydrogen-bond donors (Lipinski definition) is 0. The highest BCUT2D eigenvalue weighted by Gasteiger charge is 2.35. The van der Waals surface area contributed by atoms with Gasteiger partial charge in [0.15, 0.2) is 9.84 Å². The van der Waals surface area contributed by atoms with Crippen LogP contribution < -0.4 is 0 Å². The number of carbonyl (C=O) groups is 1. The number of rotatable bonds is 6. The molecule has 1 atom stereocenters. The Morgan fingerprint density at radius 2 is 1.93 bits per heavy atom. The lowest BCUT2D eigenvalue weighted by molar-refractivity contribution is -0.134. The van der Waals surface area contributed by atoms with Crippen molar-refractivity contribution in [3.63, 3.8) is 0 Å². The molecule has 27 heavy (non-hydrogen) atoms. The molecule has 0 aliphatic carbocycles.